The first-order valence-corrected chi connectivity index (χ1v) is 29.0. The van der Waals surface area contributed by atoms with Crippen LogP contribution in [0.4, 0.5) is 0 Å². The number of aliphatic hydroxyl groups is 1. The fourth-order valence-corrected chi connectivity index (χ4v) is 8.51. The average Bonchev–Trinajstić information content (AvgIpc) is 3.31. The predicted octanol–water partition coefficient (Wildman–Crippen LogP) is 18.2. The fraction of sp³-hybridized carbons (Fsp3) is 0.850. The van der Waals surface area contributed by atoms with Crippen molar-refractivity contribution in [2.24, 2.45) is 0 Å². The van der Waals surface area contributed by atoms with Crippen molar-refractivity contribution in [3.8, 4) is 0 Å². The summed E-state index contributed by atoms with van der Waals surface area (Å²) in [6.07, 6.45) is 62.7. The normalized spacial score (nSPS) is 12.7. The molecule has 0 unspecified atom stereocenters. The average molecular weight is 944 g/mol. The van der Waals surface area contributed by atoms with E-state index in [9.17, 15) is 19.5 Å². The van der Waals surface area contributed by atoms with E-state index in [1.165, 1.54) is 173 Å². The van der Waals surface area contributed by atoms with Crippen molar-refractivity contribution in [3.05, 3.63) is 36.5 Å². The highest BCUT2D eigenvalue weighted by molar-refractivity contribution is 5.90. The number of hydrogen-bond acceptors (Lipinski definition) is 7. The smallest absolute Gasteiger partial charge is 0.339 e. The molecule has 0 aromatic carbocycles. The van der Waals surface area contributed by atoms with E-state index in [1.54, 1.807) is 0 Å². The Bertz CT molecular complexity index is 1100. The highest BCUT2D eigenvalue weighted by Gasteiger charge is 2.43. The lowest BCUT2D eigenvalue weighted by Crippen LogP contribution is -2.45. The summed E-state index contributed by atoms with van der Waals surface area (Å²) < 4.78 is 16.4. The highest BCUT2D eigenvalue weighted by atomic mass is 16.6. The lowest BCUT2D eigenvalue weighted by atomic mass is 9.95. The molecule has 0 aromatic heterocycles. The molecule has 0 radical (unpaired) electrons. The van der Waals surface area contributed by atoms with Gasteiger partial charge in [-0.2, -0.15) is 0 Å². The van der Waals surface area contributed by atoms with Crippen molar-refractivity contribution >= 4 is 17.9 Å². The fourth-order valence-electron chi connectivity index (χ4n) is 8.51. The van der Waals surface area contributed by atoms with E-state index < -0.39 is 36.4 Å². The number of allylic oxidation sites excluding steroid dienone is 6. The molecule has 0 atom stereocenters. The Morgan fingerprint density at radius 1 is 0.313 bits per heavy atom. The van der Waals surface area contributed by atoms with E-state index in [0.717, 1.165) is 89.9 Å². The van der Waals surface area contributed by atoms with Crippen LogP contribution >= 0.6 is 0 Å². The molecule has 0 saturated carbocycles. The largest absolute Gasteiger partial charge is 0.466 e. The minimum Gasteiger partial charge on any atom is -0.466 e. The lowest BCUT2D eigenvalue weighted by Gasteiger charge is -2.24. The van der Waals surface area contributed by atoms with Crippen LogP contribution in [0.2, 0.25) is 0 Å². The van der Waals surface area contributed by atoms with Crippen LogP contribution in [0.3, 0.4) is 0 Å². The second-order valence-corrected chi connectivity index (χ2v) is 19.8. The minimum absolute atomic E-state index is 0.136. The molecule has 0 fully saturated rings. The Morgan fingerprint density at radius 2 is 0.522 bits per heavy atom. The van der Waals surface area contributed by atoms with Crippen LogP contribution in [0.15, 0.2) is 36.5 Å². The van der Waals surface area contributed by atoms with Crippen molar-refractivity contribution in [2.75, 3.05) is 19.8 Å². The van der Waals surface area contributed by atoms with Gasteiger partial charge < -0.3 is 19.3 Å². The van der Waals surface area contributed by atoms with Crippen LogP contribution in [0.25, 0.3) is 0 Å². The summed E-state index contributed by atoms with van der Waals surface area (Å²) in [5.74, 6) is -2.36. The molecule has 0 aliphatic rings. The second-order valence-electron chi connectivity index (χ2n) is 19.8. The van der Waals surface area contributed by atoms with Crippen LogP contribution < -0.4 is 0 Å². The number of hydrogen-bond donors (Lipinski definition) is 1. The minimum atomic E-state index is -2.32. The summed E-state index contributed by atoms with van der Waals surface area (Å²) in [5, 5.41) is 11.5. The number of ether oxygens (including phenoxy) is 3. The van der Waals surface area contributed by atoms with E-state index in [-0.39, 0.29) is 19.8 Å². The summed E-state index contributed by atoms with van der Waals surface area (Å²) in [7, 11) is 0. The van der Waals surface area contributed by atoms with E-state index >= 15 is 0 Å². The number of esters is 3. The molecule has 0 aromatic rings. The third-order valence-electron chi connectivity index (χ3n) is 13.0. The molecule has 0 rings (SSSR count). The molecule has 0 aliphatic carbocycles. The Kier molecular flexibility index (Phi) is 51.0. The Hall–Kier alpha value is -2.41. The van der Waals surface area contributed by atoms with E-state index in [2.05, 4.69) is 57.2 Å². The quantitative estimate of drug-likeness (QED) is 0.0281. The molecule has 0 spiro atoms. The van der Waals surface area contributed by atoms with E-state index in [1.807, 2.05) is 0 Å². The molecule has 67 heavy (non-hydrogen) atoms. The second kappa shape index (κ2) is 53.0. The number of carbonyl (C=O) groups is 3. The van der Waals surface area contributed by atoms with Crippen molar-refractivity contribution in [1.82, 2.24) is 0 Å². The standard InChI is InChI=1S/C60H110O7/c1-4-7-10-13-16-19-22-25-28-31-34-37-40-43-46-49-52-65-57(61)55-60(64,59(63)67-54-51-48-45-42-39-36-33-30-27-24-21-18-15-12-9-6-3)56-58(62)66-53-50-47-44-41-38-35-32-29-26-23-20-17-14-11-8-5-2/h25-30,64H,4-24,31-56H2,1-3H3. The van der Waals surface area contributed by atoms with Gasteiger partial charge >= 0.3 is 17.9 Å². The molecule has 0 aliphatic heterocycles. The molecule has 392 valence electrons. The maximum Gasteiger partial charge on any atom is 0.339 e. The van der Waals surface area contributed by atoms with Gasteiger partial charge in [-0.1, -0.05) is 231 Å². The number of rotatable bonds is 53. The molecule has 7 heteroatoms. The Balaban J connectivity index is 4.52. The van der Waals surface area contributed by atoms with Gasteiger partial charge in [0.05, 0.1) is 32.7 Å². The summed E-state index contributed by atoms with van der Waals surface area (Å²) in [5.41, 5.74) is -2.32. The molecule has 0 bridgehead atoms. The van der Waals surface area contributed by atoms with Crippen molar-refractivity contribution < 1.29 is 33.7 Å². The Morgan fingerprint density at radius 3 is 0.776 bits per heavy atom. The molecule has 1 N–H and O–H groups in total. The molecule has 7 nitrogen and oxygen atoms in total. The van der Waals surface area contributed by atoms with Gasteiger partial charge in [0, 0.05) is 0 Å². The van der Waals surface area contributed by atoms with Gasteiger partial charge in [-0.15, -0.1) is 0 Å². The lowest BCUT2D eigenvalue weighted by molar-refractivity contribution is -0.178. The first-order valence-electron chi connectivity index (χ1n) is 29.0. The van der Waals surface area contributed by atoms with Crippen LogP contribution in [0.5, 0.6) is 0 Å². The van der Waals surface area contributed by atoms with E-state index in [0.29, 0.717) is 6.42 Å². The first-order chi connectivity index (χ1) is 32.9. The van der Waals surface area contributed by atoms with Crippen molar-refractivity contribution in [1.29, 1.82) is 0 Å². The summed E-state index contributed by atoms with van der Waals surface area (Å²) >= 11 is 0. The maximum atomic E-state index is 13.3. The SMILES string of the molecule is CCCCCCCCC=CCCCCCCCCOC(=O)CC(O)(CC(=O)OCCCCCCCCC=CCCCCCCCC)C(=O)OCCCCCCCCC=CCCCCCCCC. The van der Waals surface area contributed by atoms with Crippen LogP contribution in [0.1, 0.15) is 303 Å². The van der Waals surface area contributed by atoms with Gasteiger partial charge in [0.1, 0.15) is 0 Å². The van der Waals surface area contributed by atoms with Gasteiger partial charge in [-0.25, -0.2) is 4.79 Å². The zero-order chi connectivity index (χ0) is 48.8. The maximum absolute atomic E-state index is 13.3. The van der Waals surface area contributed by atoms with E-state index in [4.69, 9.17) is 14.2 Å². The topological polar surface area (TPSA) is 99.1 Å². The zero-order valence-corrected chi connectivity index (χ0v) is 44.6. The summed E-state index contributed by atoms with van der Waals surface area (Å²) in [4.78, 5) is 39.1. The third kappa shape index (κ3) is 48.4. The Labute approximate surface area is 415 Å². The van der Waals surface area contributed by atoms with Crippen LogP contribution in [0, 0.1) is 0 Å². The molecule has 0 saturated heterocycles. The monoisotopic (exact) mass is 943 g/mol. The van der Waals surface area contributed by atoms with Gasteiger partial charge in [-0.3, -0.25) is 9.59 Å². The summed E-state index contributed by atoms with van der Waals surface area (Å²) in [6, 6.07) is 0. The third-order valence-corrected chi connectivity index (χ3v) is 13.0. The molecule has 0 heterocycles. The molecule has 0 amide bonds. The van der Waals surface area contributed by atoms with Gasteiger partial charge in [0.25, 0.3) is 0 Å². The molecular weight excluding hydrogens is 833 g/mol. The number of unbranched alkanes of at least 4 members (excludes halogenated alkanes) is 36. The number of carbonyl (C=O) groups excluding carboxylic acids is 3. The first kappa shape index (κ1) is 64.6. The van der Waals surface area contributed by atoms with Gasteiger partial charge in [0.2, 0.25) is 0 Å². The molecular formula is C60H110O7. The van der Waals surface area contributed by atoms with Crippen molar-refractivity contribution in [3.63, 3.8) is 0 Å². The van der Waals surface area contributed by atoms with Gasteiger partial charge in [-0.05, 0) is 96.3 Å². The van der Waals surface area contributed by atoms with Crippen molar-refractivity contribution in [2.45, 2.75) is 309 Å². The summed E-state index contributed by atoms with van der Waals surface area (Å²) in [6.45, 7) is 7.36. The van der Waals surface area contributed by atoms with Crippen LogP contribution in [-0.2, 0) is 28.6 Å². The predicted molar refractivity (Wildman–Crippen MR) is 285 cm³/mol. The zero-order valence-electron chi connectivity index (χ0n) is 44.6. The highest BCUT2D eigenvalue weighted by Crippen LogP contribution is 2.22. The van der Waals surface area contributed by atoms with Crippen LogP contribution in [-0.4, -0.2) is 48.4 Å². The van der Waals surface area contributed by atoms with Gasteiger partial charge in [0.15, 0.2) is 5.60 Å².